The molecule has 0 aliphatic rings. The maximum Gasteiger partial charge on any atom is 0.255 e. The van der Waals surface area contributed by atoms with E-state index in [9.17, 15) is 4.39 Å². The Balaban J connectivity index is 2.17. The number of hydrogen-bond acceptors (Lipinski definition) is 5. The van der Waals surface area contributed by atoms with Gasteiger partial charge >= 0.3 is 0 Å². The molecule has 0 saturated heterocycles. The standard InChI is InChI=1S/C12H8BrFN6/c13-7-2-3-9(14)8(6-7)10-17-11(15)19-12(18-10)20-5-1-4-16-20/h1-6H,(H2,15,17,18,19). The lowest BCUT2D eigenvalue weighted by Crippen LogP contribution is -2.08. The molecule has 0 bridgehead atoms. The molecule has 0 amide bonds. The van der Waals surface area contributed by atoms with E-state index in [-0.39, 0.29) is 23.3 Å². The van der Waals surface area contributed by atoms with E-state index in [1.54, 1.807) is 30.6 Å². The smallest absolute Gasteiger partial charge is 0.255 e. The van der Waals surface area contributed by atoms with Gasteiger partial charge in [-0.15, -0.1) is 0 Å². The summed E-state index contributed by atoms with van der Waals surface area (Å²) in [7, 11) is 0. The fourth-order valence-electron chi connectivity index (χ4n) is 1.66. The number of anilines is 1. The van der Waals surface area contributed by atoms with Crippen LogP contribution in [0.3, 0.4) is 0 Å². The van der Waals surface area contributed by atoms with E-state index in [0.717, 1.165) is 0 Å². The van der Waals surface area contributed by atoms with Crippen LogP contribution in [-0.4, -0.2) is 24.7 Å². The van der Waals surface area contributed by atoms with Gasteiger partial charge in [0, 0.05) is 16.9 Å². The van der Waals surface area contributed by atoms with Crippen molar-refractivity contribution in [2.24, 2.45) is 0 Å². The highest BCUT2D eigenvalue weighted by atomic mass is 79.9. The van der Waals surface area contributed by atoms with Gasteiger partial charge in [-0.25, -0.2) is 9.07 Å². The summed E-state index contributed by atoms with van der Waals surface area (Å²) in [6, 6.07) is 6.22. The van der Waals surface area contributed by atoms with Gasteiger partial charge in [-0.1, -0.05) is 15.9 Å². The van der Waals surface area contributed by atoms with Gasteiger partial charge in [-0.3, -0.25) is 0 Å². The quantitative estimate of drug-likeness (QED) is 0.776. The van der Waals surface area contributed by atoms with Crippen LogP contribution in [-0.2, 0) is 0 Å². The number of nitrogen functional groups attached to an aromatic ring is 1. The van der Waals surface area contributed by atoms with Crippen LogP contribution in [0.4, 0.5) is 10.3 Å². The van der Waals surface area contributed by atoms with Crippen LogP contribution in [0.1, 0.15) is 0 Å². The fraction of sp³-hybridized carbons (Fsp3) is 0. The van der Waals surface area contributed by atoms with Crippen LogP contribution < -0.4 is 5.73 Å². The number of hydrogen-bond donors (Lipinski definition) is 1. The second kappa shape index (κ2) is 4.97. The van der Waals surface area contributed by atoms with Gasteiger partial charge in [-0.2, -0.15) is 20.1 Å². The molecule has 6 nitrogen and oxygen atoms in total. The maximum atomic E-state index is 13.9. The first kappa shape index (κ1) is 12.7. The normalized spacial score (nSPS) is 10.7. The molecule has 0 saturated carbocycles. The molecular formula is C12H8BrFN6. The molecule has 0 atom stereocenters. The van der Waals surface area contributed by atoms with E-state index in [0.29, 0.717) is 4.47 Å². The lowest BCUT2D eigenvalue weighted by Gasteiger charge is -2.06. The molecule has 3 rings (SSSR count). The van der Waals surface area contributed by atoms with Crippen molar-refractivity contribution in [1.82, 2.24) is 24.7 Å². The van der Waals surface area contributed by atoms with Crippen LogP contribution in [0.2, 0.25) is 0 Å². The summed E-state index contributed by atoms with van der Waals surface area (Å²) < 4.78 is 16.0. The van der Waals surface area contributed by atoms with Crippen molar-refractivity contribution in [1.29, 1.82) is 0 Å². The van der Waals surface area contributed by atoms with Gasteiger partial charge in [0.05, 0.1) is 5.56 Å². The molecule has 0 fully saturated rings. The Kier molecular flexibility index (Phi) is 3.15. The topological polar surface area (TPSA) is 82.5 Å². The Morgan fingerprint density at radius 1 is 1.20 bits per heavy atom. The summed E-state index contributed by atoms with van der Waals surface area (Å²) in [5.41, 5.74) is 5.89. The van der Waals surface area contributed by atoms with Crippen LogP contribution in [0.25, 0.3) is 17.3 Å². The first-order valence-electron chi connectivity index (χ1n) is 5.60. The molecule has 0 radical (unpaired) electrons. The first-order chi connectivity index (χ1) is 9.63. The SMILES string of the molecule is Nc1nc(-c2cc(Br)ccc2F)nc(-n2cccn2)n1. The Bertz CT molecular complexity index is 759. The Labute approximate surface area is 121 Å². The second-order valence-electron chi connectivity index (χ2n) is 3.89. The van der Waals surface area contributed by atoms with E-state index in [1.165, 1.54) is 10.7 Å². The van der Waals surface area contributed by atoms with Gasteiger partial charge in [-0.05, 0) is 24.3 Å². The van der Waals surface area contributed by atoms with E-state index < -0.39 is 5.82 Å². The fourth-order valence-corrected chi connectivity index (χ4v) is 2.02. The Hall–Kier alpha value is -2.35. The molecule has 8 heteroatoms. The average Bonchev–Trinajstić information content (AvgIpc) is 2.95. The summed E-state index contributed by atoms with van der Waals surface area (Å²) in [6.45, 7) is 0. The van der Waals surface area contributed by atoms with Crippen molar-refractivity contribution in [3.05, 3.63) is 46.9 Å². The molecular weight excluding hydrogens is 327 g/mol. The van der Waals surface area contributed by atoms with Crippen molar-refractivity contribution < 1.29 is 4.39 Å². The Morgan fingerprint density at radius 2 is 2.05 bits per heavy atom. The number of benzene rings is 1. The summed E-state index contributed by atoms with van der Waals surface area (Å²) in [5.74, 6) is -0.0521. The average molecular weight is 335 g/mol. The number of nitrogens with two attached hydrogens (primary N) is 1. The largest absolute Gasteiger partial charge is 0.368 e. The second-order valence-corrected chi connectivity index (χ2v) is 4.81. The van der Waals surface area contributed by atoms with Gasteiger partial charge in [0.15, 0.2) is 5.82 Å². The highest BCUT2D eigenvalue weighted by Gasteiger charge is 2.13. The van der Waals surface area contributed by atoms with Crippen LogP contribution in [0, 0.1) is 5.82 Å². The van der Waals surface area contributed by atoms with Crippen LogP contribution in [0.5, 0.6) is 0 Å². The minimum absolute atomic E-state index is 0.000115. The summed E-state index contributed by atoms with van der Waals surface area (Å²) in [6.07, 6.45) is 3.25. The number of halogens is 2. The van der Waals surface area contributed by atoms with E-state index in [4.69, 9.17) is 5.73 Å². The molecule has 3 aromatic rings. The molecule has 100 valence electrons. The predicted molar refractivity (Wildman–Crippen MR) is 74.5 cm³/mol. The molecule has 0 spiro atoms. The maximum absolute atomic E-state index is 13.9. The molecule has 2 aromatic heterocycles. The summed E-state index contributed by atoms with van der Waals surface area (Å²) in [4.78, 5) is 12.1. The number of aromatic nitrogens is 5. The van der Waals surface area contributed by atoms with Crippen LogP contribution >= 0.6 is 15.9 Å². The third-order valence-corrected chi connectivity index (χ3v) is 3.01. The monoisotopic (exact) mass is 334 g/mol. The lowest BCUT2D eigenvalue weighted by atomic mass is 10.2. The molecule has 0 aliphatic carbocycles. The van der Waals surface area contributed by atoms with E-state index in [2.05, 4.69) is 36.0 Å². The minimum Gasteiger partial charge on any atom is -0.368 e. The molecule has 2 N–H and O–H groups in total. The first-order valence-corrected chi connectivity index (χ1v) is 6.40. The van der Waals surface area contributed by atoms with E-state index in [1.807, 2.05) is 0 Å². The molecule has 1 aromatic carbocycles. The lowest BCUT2D eigenvalue weighted by molar-refractivity contribution is 0.629. The number of rotatable bonds is 2. The zero-order valence-corrected chi connectivity index (χ0v) is 11.6. The number of nitrogens with zero attached hydrogens (tertiary/aromatic N) is 5. The van der Waals surface area contributed by atoms with Crippen molar-refractivity contribution in [3.8, 4) is 17.3 Å². The summed E-state index contributed by atoms with van der Waals surface area (Å²) >= 11 is 3.28. The van der Waals surface area contributed by atoms with Crippen molar-refractivity contribution >= 4 is 21.9 Å². The van der Waals surface area contributed by atoms with Gasteiger partial charge in [0.25, 0.3) is 5.95 Å². The van der Waals surface area contributed by atoms with Gasteiger partial charge in [0.1, 0.15) is 5.82 Å². The zero-order valence-electron chi connectivity index (χ0n) is 10.0. The van der Waals surface area contributed by atoms with E-state index >= 15 is 0 Å². The predicted octanol–water partition coefficient (Wildman–Crippen LogP) is 2.21. The third kappa shape index (κ3) is 2.37. The minimum atomic E-state index is -0.440. The zero-order chi connectivity index (χ0) is 14.1. The van der Waals surface area contributed by atoms with Crippen molar-refractivity contribution in [2.45, 2.75) is 0 Å². The van der Waals surface area contributed by atoms with Crippen molar-refractivity contribution in [3.63, 3.8) is 0 Å². The summed E-state index contributed by atoms with van der Waals surface area (Å²) in [5, 5.41) is 4.01. The van der Waals surface area contributed by atoms with Gasteiger partial charge < -0.3 is 5.73 Å². The molecule has 20 heavy (non-hydrogen) atoms. The molecule has 0 unspecified atom stereocenters. The van der Waals surface area contributed by atoms with Crippen LogP contribution in [0.15, 0.2) is 41.1 Å². The Morgan fingerprint density at radius 3 is 2.80 bits per heavy atom. The highest BCUT2D eigenvalue weighted by Crippen LogP contribution is 2.24. The molecule has 0 aliphatic heterocycles. The molecule has 2 heterocycles. The van der Waals surface area contributed by atoms with Crippen molar-refractivity contribution in [2.75, 3.05) is 5.73 Å². The van der Waals surface area contributed by atoms with Gasteiger partial charge in [0.2, 0.25) is 5.95 Å². The third-order valence-electron chi connectivity index (χ3n) is 2.52. The highest BCUT2D eigenvalue weighted by molar-refractivity contribution is 9.10.